The average Bonchev–Trinajstić information content (AvgIpc) is 3.16. The number of benzene rings is 3. The molecule has 0 saturated heterocycles. The summed E-state index contributed by atoms with van der Waals surface area (Å²) in [6, 6.07) is 21.4. The highest BCUT2D eigenvalue weighted by molar-refractivity contribution is 5.94. The third-order valence-corrected chi connectivity index (χ3v) is 4.90. The number of fused-ring (bicyclic) bond motifs is 1. The fraction of sp³-hybridized carbons (Fsp3) is 0.174. The van der Waals surface area contributed by atoms with Crippen molar-refractivity contribution in [2.24, 2.45) is 10.2 Å². The minimum Gasteiger partial charge on any atom is -0.495 e. The molecular weight excluding hydrogens is 350 g/mol. The van der Waals surface area contributed by atoms with E-state index in [0.29, 0.717) is 16.9 Å². The predicted molar refractivity (Wildman–Crippen MR) is 110 cm³/mol. The lowest BCUT2D eigenvalue weighted by Gasteiger charge is -2.20. The number of anilines is 1. The van der Waals surface area contributed by atoms with Crippen LogP contribution in [0, 0.1) is 0 Å². The Morgan fingerprint density at radius 1 is 0.893 bits per heavy atom. The molecule has 1 aliphatic heterocycles. The molecule has 140 valence electrons. The number of rotatable bonds is 5. The third-order valence-electron chi connectivity index (χ3n) is 4.90. The Morgan fingerprint density at radius 2 is 1.50 bits per heavy atom. The van der Waals surface area contributed by atoms with E-state index in [1.165, 1.54) is 11.1 Å². The van der Waals surface area contributed by atoms with Crippen LogP contribution in [0.5, 0.6) is 5.75 Å². The van der Waals surface area contributed by atoms with Gasteiger partial charge >= 0.3 is 0 Å². The normalized spacial score (nSPS) is 13.0. The maximum Gasteiger partial charge on any atom is 0.159 e. The summed E-state index contributed by atoms with van der Waals surface area (Å²) in [5.41, 5.74) is 5.82. The molecule has 0 atom stereocenters. The number of carbonyl (C=O) groups is 1. The second-order valence-electron chi connectivity index (χ2n) is 6.78. The Kier molecular flexibility index (Phi) is 4.89. The van der Waals surface area contributed by atoms with E-state index >= 15 is 0 Å². The summed E-state index contributed by atoms with van der Waals surface area (Å²) < 4.78 is 5.61. The van der Waals surface area contributed by atoms with Crippen LogP contribution >= 0.6 is 0 Å². The van der Waals surface area contributed by atoms with E-state index in [1.807, 2.05) is 18.2 Å². The molecule has 1 aliphatic rings. The molecule has 0 N–H and O–H groups in total. The number of nitrogens with zero attached hydrogens (tertiary/aromatic N) is 3. The summed E-state index contributed by atoms with van der Waals surface area (Å²) >= 11 is 0. The van der Waals surface area contributed by atoms with E-state index in [9.17, 15) is 4.79 Å². The van der Waals surface area contributed by atoms with Crippen molar-refractivity contribution in [2.75, 3.05) is 12.0 Å². The number of carbonyl (C=O) groups excluding carboxylic acids is 1. The average molecular weight is 371 g/mol. The van der Waals surface area contributed by atoms with Gasteiger partial charge in [0.05, 0.1) is 24.2 Å². The lowest BCUT2D eigenvalue weighted by atomic mass is 10.1. The van der Waals surface area contributed by atoms with Crippen molar-refractivity contribution in [1.29, 1.82) is 0 Å². The standard InChI is InChI=1S/C23H21N3O2/c1-16(27)17-7-9-20(10-8-17)24-25-21-11-12-22(23(13-21)28-2)26-14-18-5-3-4-6-19(18)15-26/h3-13H,14-15H2,1-2H3. The first kappa shape index (κ1) is 17.9. The molecule has 0 bridgehead atoms. The number of azo groups is 1. The van der Waals surface area contributed by atoms with Crippen LogP contribution in [0.25, 0.3) is 0 Å². The van der Waals surface area contributed by atoms with Crippen LogP contribution < -0.4 is 9.64 Å². The molecule has 5 heteroatoms. The Hall–Kier alpha value is -3.47. The molecule has 3 aromatic rings. The summed E-state index contributed by atoms with van der Waals surface area (Å²) in [5.74, 6) is 0.809. The Bertz CT molecular complexity index is 1020. The molecule has 1 heterocycles. The van der Waals surface area contributed by atoms with Crippen molar-refractivity contribution in [3.05, 3.63) is 83.4 Å². The minimum absolute atomic E-state index is 0.0351. The van der Waals surface area contributed by atoms with Gasteiger partial charge in [0.1, 0.15) is 5.75 Å². The van der Waals surface area contributed by atoms with E-state index in [0.717, 1.165) is 24.5 Å². The highest BCUT2D eigenvalue weighted by atomic mass is 16.5. The Balaban J connectivity index is 1.53. The van der Waals surface area contributed by atoms with Gasteiger partial charge in [0.15, 0.2) is 5.78 Å². The highest BCUT2D eigenvalue weighted by Gasteiger charge is 2.21. The number of hydrogen-bond donors (Lipinski definition) is 0. The van der Waals surface area contributed by atoms with Crippen LogP contribution in [0.4, 0.5) is 17.1 Å². The number of hydrogen-bond acceptors (Lipinski definition) is 5. The summed E-state index contributed by atoms with van der Waals surface area (Å²) in [7, 11) is 1.67. The van der Waals surface area contributed by atoms with Gasteiger partial charge in [-0.15, -0.1) is 0 Å². The van der Waals surface area contributed by atoms with Crippen LogP contribution in [0.1, 0.15) is 28.4 Å². The second kappa shape index (κ2) is 7.64. The largest absolute Gasteiger partial charge is 0.495 e. The maximum absolute atomic E-state index is 11.3. The van der Waals surface area contributed by atoms with Crippen LogP contribution in [-0.4, -0.2) is 12.9 Å². The molecule has 0 unspecified atom stereocenters. The zero-order valence-corrected chi connectivity index (χ0v) is 15.9. The summed E-state index contributed by atoms with van der Waals surface area (Å²) in [6.07, 6.45) is 0. The topological polar surface area (TPSA) is 54.3 Å². The van der Waals surface area contributed by atoms with Gasteiger partial charge in [0.25, 0.3) is 0 Å². The van der Waals surface area contributed by atoms with Gasteiger partial charge in [-0.1, -0.05) is 24.3 Å². The predicted octanol–water partition coefficient (Wildman–Crippen LogP) is 5.83. The van der Waals surface area contributed by atoms with E-state index < -0.39 is 0 Å². The first-order chi connectivity index (χ1) is 13.6. The van der Waals surface area contributed by atoms with E-state index in [2.05, 4.69) is 39.4 Å². The number of ketones is 1. The van der Waals surface area contributed by atoms with Crippen LogP contribution in [0.2, 0.25) is 0 Å². The van der Waals surface area contributed by atoms with Gasteiger partial charge in [-0.05, 0) is 54.4 Å². The van der Waals surface area contributed by atoms with Crippen LogP contribution in [0.3, 0.4) is 0 Å². The monoisotopic (exact) mass is 371 g/mol. The van der Waals surface area contributed by atoms with Gasteiger partial charge in [-0.3, -0.25) is 4.79 Å². The number of ether oxygens (including phenoxy) is 1. The fourth-order valence-electron chi connectivity index (χ4n) is 3.37. The summed E-state index contributed by atoms with van der Waals surface area (Å²) in [5, 5.41) is 8.56. The summed E-state index contributed by atoms with van der Waals surface area (Å²) in [6.45, 7) is 3.29. The fourth-order valence-corrected chi connectivity index (χ4v) is 3.37. The van der Waals surface area contributed by atoms with Crippen molar-refractivity contribution in [2.45, 2.75) is 20.0 Å². The van der Waals surface area contributed by atoms with E-state index in [-0.39, 0.29) is 5.78 Å². The lowest BCUT2D eigenvalue weighted by Crippen LogP contribution is -2.15. The molecular formula is C23H21N3O2. The molecule has 28 heavy (non-hydrogen) atoms. The van der Waals surface area contributed by atoms with Gasteiger partial charge in [0.2, 0.25) is 0 Å². The minimum atomic E-state index is 0.0351. The quantitative estimate of drug-likeness (QED) is 0.418. The van der Waals surface area contributed by atoms with Crippen LogP contribution in [0.15, 0.2) is 77.0 Å². The molecule has 0 aliphatic carbocycles. The van der Waals surface area contributed by atoms with Crippen LogP contribution in [-0.2, 0) is 13.1 Å². The second-order valence-corrected chi connectivity index (χ2v) is 6.78. The highest BCUT2D eigenvalue weighted by Crippen LogP contribution is 2.37. The molecule has 0 spiro atoms. The van der Waals surface area contributed by atoms with Crippen molar-refractivity contribution in [3.63, 3.8) is 0 Å². The number of methoxy groups -OCH3 is 1. The van der Waals surface area contributed by atoms with Gasteiger partial charge in [-0.2, -0.15) is 10.2 Å². The molecule has 0 amide bonds. The van der Waals surface area contributed by atoms with Crippen molar-refractivity contribution >= 4 is 22.8 Å². The number of Topliss-reactive ketones (excluding diaryl/α,β-unsaturated/α-hetero) is 1. The zero-order chi connectivity index (χ0) is 19.5. The SMILES string of the molecule is COc1cc(N=Nc2ccc(C(C)=O)cc2)ccc1N1Cc2ccccc2C1. The Morgan fingerprint density at radius 3 is 2.11 bits per heavy atom. The maximum atomic E-state index is 11.3. The molecule has 0 radical (unpaired) electrons. The molecule has 0 fully saturated rings. The van der Waals surface area contributed by atoms with Gasteiger partial charge in [-0.25, -0.2) is 0 Å². The molecule has 4 rings (SSSR count). The molecule has 0 aromatic heterocycles. The van der Waals surface area contributed by atoms with Crippen molar-refractivity contribution < 1.29 is 9.53 Å². The first-order valence-corrected chi connectivity index (χ1v) is 9.16. The molecule has 0 saturated carbocycles. The van der Waals surface area contributed by atoms with Gasteiger partial charge in [0, 0.05) is 24.7 Å². The van der Waals surface area contributed by atoms with Gasteiger partial charge < -0.3 is 9.64 Å². The molecule has 5 nitrogen and oxygen atoms in total. The lowest BCUT2D eigenvalue weighted by molar-refractivity contribution is 0.101. The van der Waals surface area contributed by atoms with Crippen molar-refractivity contribution in [1.82, 2.24) is 0 Å². The van der Waals surface area contributed by atoms with Crippen molar-refractivity contribution in [3.8, 4) is 5.75 Å². The Labute approximate surface area is 164 Å². The third kappa shape index (κ3) is 3.64. The molecule has 3 aromatic carbocycles. The summed E-state index contributed by atoms with van der Waals surface area (Å²) in [4.78, 5) is 13.6. The first-order valence-electron chi connectivity index (χ1n) is 9.16. The smallest absolute Gasteiger partial charge is 0.159 e. The van der Waals surface area contributed by atoms with E-state index in [4.69, 9.17) is 4.74 Å². The zero-order valence-electron chi connectivity index (χ0n) is 15.9. The van der Waals surface area contributed by atoms with E-state index in [1.54, 1.807) is 38.3 Å².